The molecule has 0 amide bonds. The maximum Gasteiger partial charge on any atom is 0.338 e. The van der Waals surface area contributed by atoms with E-state index in [1.807, 2.05) is 0 Å². The van der Waals surface area contributed by atoms with Gasteiger partial charge in [0.25, 0.3) is 0 Å². The second kappa shape index (κ2) is 21.1. The van der Waals surface area contributed by atoms with Crippen LogP contribution in [0.4, 0.5) is 0 Å². The van der Waals surface area contributed by atoms with Crippen LogP contribution in [0.1, 0.15) is 100 Å². The third kappa shape index (κ3) is 15.2. The van der Waals surface area contributed by atoms with Gasteiger partial charge in [-0.25, -0.2) is 19.2 Å². The van der Waals surface area contributed by atoms with Gasteiger partial charge in [0.15, 0.2) is 0 Å². The lowest BCUT2D eigenvalue weighted by Gasteiger charge is -2.32. The lowest BCUT2D eigenvalue weighted by Crippen LogP contribution is -2.45. The summed E-state index contributed by atoms with van der Waals surface area (Å²) in [4.78, 5) is 67.6. The molecule has 0 spiro atoms. The number of aliphatic carboxylic acids is 1. The van der Waals surface area contributed by atoms with Crippen LogP contribution in [0, 0.1) is 5.41 Å². The molecule has 0 saturated heterocycles. The van der Waals surface area contributed by atoms with Gasteiger partial charge in [-0.1, -0.05) is 39.2 Å². The Kier molecular flexibility index (Phi) is 18.1. The molecule has 48 heavy (non-hydrogen) atoms. The number of carbonyl (C=O) groups excluding carboxylic acids is 4. The smallest absolute Gasteiger partial charge is 0.338 e. The molecule has 4 N–H and O–H groups in total. The summed E-state index contributed by atoms with van der Waals surface area (Å²) in [6.45, 7) is 2.44. The number of methoxy groups -OCH3 is 2. The fourth-order valence-corrected chi connectivity index (χ4v) is 4.12. The van der Waals surface area contributed by atoms with E-state index in [0.717, 1.165) is 19.3 Å². The molecular formula is C34H44O14. The Morgan fingerprint density at radius 3 is 1.67 bits per heavy atom. The summed E-state index contributed by atoms with van der Waals surface area (Å²) in [5, 5.41) is 38.2. The number of unbranched alkanes of at least 4 members (excludes halogenated alkanes) is 4. The molecule has 0 aromatic heterocycles. The van der Waals surface area contributed by atoms with E-state index < -0.39 is 60.0 Å². The summed E-state index contributed by atoms with van der Waals surface area (Å²) in [5.41, 5.74) is -0.298. The minimum absolute atomic E-state index is 0.0431. The Hall–Kier alpha value is -4.82. The van der Waals surface area contributed by atoms with Crippen LogP contribution in [0.2, 0.25) is 0 Å². The second-order valence-electron chi connectivity index (χ2n) is 11.4. The second-order valence-corrected chi connectivity index (χ2v) is 11.4. The zero-order valence-corrected chi connectivity index (χ0v) is 27.5. The predicted octanol–water partition coefficient (Wildman–Crippen LogP) is 3.91. The number of carboxylic acids is 2. The summed E-state index contributed by atoms with van der Waals surface area (Å²) in [6, 6.07) is 11.4. The lowest BCUT2D eigenvalue weighted by molar-refractivity contribution is -0.152. The molecule has 0 bridgehead atoms. The van der Waals surface area contributed by atoms with Gasteiger partial charge in [-0.15, -0.1) is 0 Å². The van der Waals surface area contributed by atoms with Crippen molar-refractivity contribution in [2.24, 2.45) is 5.41 Å². The van der Waals surface area contributed by atoms with Crippen LogP contribution < -0.4 is 0 Å². The van der Waals surface area contributed by atoms with E-state index in [1.165, 1.54) is 62.8 Å². The first-order chi connectivity index (χ1) is 22.6. The fraction of sp³-hybridized carbons (Fsp3) is 0.471. The molecule has 0 radical (unpaired) electrons. The van der Waals surface area contributed by atoms with Gasteiger partial charge >= 0.3 is 35.8 Å². The summed E-state index contributed by atoms with van der Waals surface area (Å²) in [7, 11) is 2.60. The van der Waals surface area contributed by atoms with Gasteiger partial charge in [0, 0.05) is 18.3 Å². The van der Waals surface area contributed by atoms with Crippen molar-refractivity contribution in [3.05, 3.63) is 70.8 Å². The molecule has 14 nitrogen and oxygen atoms in total. The van der Waals surface area contributed by atoms with Crippen molar-refractivity contribution in [3.8, 4) is 0 Å². The van der Waals surface area contributed by atoms with Crippen LogP contribution in [-0.2, 0) is 28.5 Å². The Labute approximate surface area is 278 Å². The number of ether oxygens (including phenoxy) is 4. The molecule has 264 valence electrons. The van der Waals surface area contributed by atoms with E-state index in [9.17, 15) is 39.0 Å². The number of benzene rings is 2. The molecule has 0 heterocycles. The van der Waals surface area contributed by atoms with E-state index in [0.29, 0.717) is 24.0 Å². The zero-order chi connectivity index (χ0) is 36.3. The van der Waals surface area contributed by atoms with E-state index in [1.54, 1.807) is 13.8 Å². The summed E-state index contributed by atoms with van der Waals surface area (Å²) in [6.07, 6.45) is 1.05. The zero-order valence-electron chi connectivity index (χ0n) is 27.5. The number of hydrogen-bond donors (Lipinski definition) is 4. The number of rotatable bonds is 18. The van der Waals surface area contributed by atoms with Crippen LogP contribution in [0.5, 0.6) is 0 Å². The lowest BCUT2D eigenvalue weighted by atomic mass is 9.84. The first kappa shape index (κ1) is 41.2. The SMILES string of the molecule is CC(C)(COC(=O)c1cccc(C(=O)O)c1)C(O)C(O)COC(=O)CCCCCCCC(=O)O.COC(=O)c1ccc(C(=O)OC)cc1. The fourth-order valence-electron chi connectivity index (χ4n) is 4.12. The summed E-state index contributed by atoms with van der Waals surface area (Å²) >= 11 is 0. The van der Waals surface area contributed by atoms with E-state index >= 15 is 0 Å². The first-order valence-corrected chi connectivity index (χ1v) is 15.1. The molecule has 0 saturated carbocycles. The predicted molar refractivity (Wildman–Crippen MR) is 170 cm³/mol. The third-order valence-corrected chi connectivity index (χ3v) is 7.00. The van der Waals surface area contributed by atoms with Crippen LogP contribution in [0.15, 0.2) is 48.5 Å². The Morgan fingerprint density at radius 2 is 1.17 bits per heavy atom. The van der Waals surface area contributed by atoms with Crippen LogP contribution in [0.3, 0.4) is 0 Å². The Bertz CT molecular complexity index is 1330. The van der Waals surface area contributed by atoms with Gasteiger partial charge in [0.1, 0.15) is 12.7 Å². The molecule has 0 aliphatic carbocycles. The number of esters is 4. The monoisotopic (exact) mass is 676 g/mol. The maximum atomic E-state index is 12.2. The highest BCUT2D eigenvalue weighted by Crippen LogP contribution is 2.25. The number of hydrogen-bond acceptors (Lipinski definition) is 12. The Balaban J connectivity index is 0.000000682. The van der Waals surface area contributed by atoms with Crippen molar-refractivity contribution >= 4 is 35.8 Å². The third-order valence-electron chi connectivity index (χ3n) is 7.00. The number of aliphatic hydroxyl groups excluding tert-OH is 2. The van der Waals surface area contributed by atoms with Gasteiger partial charge < -0.3 is 39.4 Å². The van der Waals surface area contributed by atoms with Gasteiger partial charge in [0.2, 0.25) is 0 Å². The normalized spacial score (nSPS) is 12.0. The van der Waals surface area contributed by atoms with Crippen LogP contribution in [-0.4, -0.2) is 95.9 Å². The molecule has 14 heteroatoms. The van der Waals surface area contributed by atoms with E-state index in [2.05, 4.69) is 9.47 Å². The van der Waals surface area contributed by atoms with Crippen molar-refractivity contribution in [2.75, 3.05) is 27.4 Å². The molecule has 2 rings (SSSR count). The van der Waals surface area contributed by atoms with E-state index in [4.69, 9.17) is 19.7 Å². The molecule has 2 aromatic rings. The van der Waals surface area contributed by atoms with Gasteiger partial charge in [-0.05, 0) is 55.3 Å². The Morgan fingerprint density at radius 1 is 0.667 bits per heavy atom. The standard InChI is InChI=1S/C24H34O10.C10H10O4/c1-24(2,15-34-23(32)17-10-8-9-16(13-17)22(30)31)21(29)18(25)14-33-20(28)12-7-5-3-4-6-11-19(26)27;1-13-9(11)7-3-5-8(6-4-7)10(12)14-2/h8-10,13,18,21,25,29H,3-7,11-12,14-15H2,1-2H3,(H,26,27)(H,30,31);3-6H,1-2H3. The number of carboxylic acid groups (broad SMARTS) is 2. The molecule has 0 aliphatic heterocycles. The highest BCUT2D eigenvalue weighted by atomic mass is 16.5. The number of aromatic carboxylic acids is 1. The largest absolute Gasteiger partial charge is 0.481 e. The van der Waals surface area contributed by atoms with E-state index in [-0.39, 0.29) is 30.6 Å². The van der Waals surface area contributed by atoms with Crippen molar-refractivity contribution in [2.45, 2.75) is 71.0 Å². The van der Waals surface area contributed by atoms with Gasteiger partial charge in [0.05, 0.1) is 49.2 Å². The molecule has 0 fully saturated rings. The molecule has 0 aliphatic rings. The topological polar surface area (TPSA) is 220 Å². The first-order valence-electron chi connectivity index (χ1n) is 15.1. The summed E-state index contributed by atoms with van der Waals surface area (Å²) in [5.74, 6) is -4.15. The quantitative estimate of drug-likeness (QED) is 0.0999. The van der Waals surface area contributed by atoms with Crippen molar-refractivity contribution in [1.29, 1.82) is 0 Å². The number of aliphatic hydroxyl groups is 2. The van der Waals surface area contributed by atoms with Crippen LogP contribution in [0.25, 0.3) is 0 Å². The number of carbonyl (C=O) groups is 6. The average molecular weight is 677 g/mol. The highest BCUT2D eigenvalue weighted by Gasteiger charge is 2.35. The maximum absolute atomic E-state index is 12.2. The van der Waals surface area contributed by atoms with Gasteiger partial charge in [-0.2, -0.15) is 0 Å². The molecule has 2 atom stereocenters. The highest BCUT2D eigenvalue weighted by molar-refractivity contribution is 5.94. The molecular weight excluding hydrogens is 632 g/mol. The minimum Gasteiger partial charge on any atom is -0.481 e. The van der Waals surface area contributed by atoms with Crippen molar-refractivity contribution in [1.82, 2.24) is 0 Å². The molecule has 2 unspecified atom stereocenters. The minimum atomic E-state index is -1.40. The average Bonchev–Trinajstić information content (AvgIpc) is 3.08. The van der Waals surface area contributed by atoms with Gasteiger partial charge in [-0.3, -0.25) is 9.59 Å². The van der Waals surface area contributed by atoms with Crippen molar-refractivity contribution < 1.29 is 68.1 Å². The van der Waals surface area contributed by atoms with Crippen molar-refractivity contribution in [3.63, 3.8) is 0 Å². The molecule has 2 aromatic carbocycles. The summed E-state index contributed by atoms with van der Waals surface area (Å²) < 4.78 is 19.2. The van der Waals surface area contributed by atoms with Crippen LogP contribution >= 0.6 is 0 Å².